The van der Waals surface area contributed by atoms with Crippen LogP contribution in [0.15, 0.2) is 30.6 Å². The number of carbonyl (C=O) groups is 1. The average molecular weight is 301 g/mol. The second-order valence-electron chi connectivity index (χ2n) is 5.50. The molecular weight excluding hydrogens is 278 g/mol. The molecule has 1 unspecified atom stereocenters. The van der Waals surface area contributed by atoms with Gasteiger partial charge in [0.05, 0.1) is 6.04 Å². The third-order valence-electron chi connectivity index (χ3n) is 3.51. The standard InChI is InChI=1S/C16H23N5O/c1-5-21-15(17-10-18-21)12(4)19-16(22)20-14-9-7-6-8-13(14)11(2)3/h6-12H,5H2,1-4H3,(H2,19,20,22). The molecule has 6 nitrogen and oxygen atoms in total. The van der Waals surface area contributed by atoms with Crippen LogP contribution < -0.4 is 10.6 Å². The predicted molar refractivity (Wildman–Crippen MR) is 86.8 cm³/mol. The van der Waals surface area contributed by atoms with Crippen molar-refractivity contribution < 1.29 is 4.79 Å². The summed E-state index contributed by atoms with van der Waals surface area (Å²) in [4.78, 5) is 16.4. The zero-order chi connectivity index (χ0) is 16.1. The van der Waals surface area contributed by atoms with Crippen molar-refractivity contribution in [1.29, 1.82) is 0 Å². The zero-order valence-corrected chi connectivity index (χ0v) is 13.5. The molecule has 2 rings (SSSR count). The van der Waals surface area contributed by atoms with Gasteiger partial charge in [-0.2, -0.15) is 5.10 Å². The molecule has 0 aliphatic heterocycles. The van der Waals surface area contributed by atoms with Crippen LogP contribution >= 0.6 is 0 Å². The summed E-state index contributed by atoms with van der Waals surface area (Å²) in [6.45, 7) is 8.81. The normalized spacial score (nSPS) is 12.2. The quantitative estimate of drug-likeness (QED) is 0.890. The van der Waals surface area contributed by atoms with Crippen LogP contribution in [0.4, 0.5) is 10.5 Å². The first-order valence-corrected chi connectivity index (χ1v) is 7.57. The lowest BCUT2D eigenvalue weighted by Crippen LogP contribution is -2.33. The van der Waals surface area contributed by atoms with Crippen LogP contribution in [0.25, 0.3) is 0 Å². The molecule has 1 aromatic carbocycles. The Morgan fingerprint density at radius 2 is 2.00 bits per heavy atom. The first-order chi connectivity index (χ1) is 10.5. The van der Waals surface area contributed by atoms with Crippen LogP contribution in [0.3, 0.4) is 0 Å². The number of hydrogen-bond donors (Lipinski definition) is 2. The number of aromatic nitrogens is 3. The summed E-state index contributed by atoms with van der Waals surface area (Å²) < 4.78 is 1.77. The second-order valence-corrected chi connectivity index (χ2v) is 5.50. The van der Waals surface area contributed by atoms with E-state index in [1.807, 2.05) is 38.1 Å². The lowest BCUT2D eigenvalue weighted by atomic mass is 10.0. The van der Waals surface area contributed by atoms with Gasteiger partial charge in [-0.1, -0.05) is 32.0 Å². The van der Waals surface area contributed by atoms with Crippen molar-refractivity contribution in [2.45, 2.75) is 46.2 Å². The summed E-state index contributed by atoms with van der Waals surface area (Å²) in [6, 6.07) is 7.37. The highest BCUT2D eigenvalue weighted by atomic mass is 16.2. The number of nitrogens with zero attached hydrogens (tertiary/aromatic N) is 3. The molecule has 0 aliphatic rings. The number of nitrogens with one attached hydrogen (secondary N) is 2. The lowest BCUT2D eigenvalue weighted by molar-refractivity contribution is 0.248. The minimum atomic E-state index is -0.244. The summed E-state index contributed by atoms with van der Waals surface area (Å²) >= 11 is 0. The Balaban J connectivity index is 2.05. The Hall–Kier alpha value is -2.37. The Labute approximate surface area is 130 Å². The lowest BCUT2D eigenvalue weighted by Gasteiger charge is -2.17. The van der Waals surface area contributed by atoms with Gasteiger partial charge in [0.15, 0.2) is 0 Å². The minimum Gasteiger partial charge on any atom is -0.328 e. The maximum atomic E-state index is 12.2. The van der Waals surface area contributed by atoms with E-state index < -0.39 is 0 Å². The maximum Gasteiger partial charge on any atom is 0.319 e. The van der Waals surface area contributed by atoms with Crippen molar-refractivity contribution in [3.63, 3.8) is 0 Å². The van der Waals surface area contributed by atoms with E-state index in [0.29, 0.717) is 5.92 Å². The van der Waals surface area contributed by atoms with Crippen molar-refractivity contribution in [2.75, 3.05) is 5.32 Å². The van der Waals surface area contributed by atoms with Gasteiger partial charge >= 0.3 is 6.03 Å². The third-order valence-corrected chi connectivity index (χ3v) is 3.51. The van der Waals surface area contributed by atoms with Crippen LogP contribution in [0.5, 0.6) is 0 Å². The van der Waals surface area contributed by atoms with Crippen molar-refractivity contribution in [1.82, 2.24) is 20.1 Å². The molecule has 0 spiro atoms. The monoisotopic (exact) mass is 301 g/mol. The third kappa shape index (κ3) is 3.63. The van der Waals surface area contributed by atoms with E-state index in [-0.39, 0.29) is 12.1 Å². The fourth-order valence-corrected chi connectivity index (χ4v) is 2.39. The smallest absolute Gasteiger partial charge is 0.319 e. The molecule has 1 aromatic heterocycles. The summed E-state index contributed by atoms with van der Waals surface area (Å²) in [6.07, 6.45) is 1.50. The summed E-state index contributed by atoms with van der Waals surface area (Å²) in [5, 5.41) is 9.93. The SMILES string of the molecule is CCn1ncnc1C(C)NC(=O)Nc1ccccc1C(C)C. The number of urea groups is 1. The first kappa shape index (κ1) is 16.0. The topological polar surface area (TPSA) is 71.8 Å². The van der Waals surface area contributed by atoms with E-state index in [4.69, 9.17) is 0 Å². The second kappa shape index (κ2) is 7.06. The number of benzene rings is 1. The molecule has 2 aromatic rings. The van der Waals surface area contributed by atoms with E-state index in [9.17, 15) is 4.79 Å². The number of rotatable bonds is 5. The molecule has 0 saturated carbocycles. The van der Waals surface area contributed by atoms with Crippen molar-refractivity contribution in [3.8, 4) is 0 Å². The molecule has 0 fully saturated rings. The van der Waals surface area contributed by atoms with Gasteiger partial charge < -0.3 is 10.6 Å². The highest BCUT2D eigenvalue weighted by Crippen LogP contribution is 2.23. The van der Waals surface area contributed by atoms with Crippen molar-refractivity contribution in [3.05, 3.63) is 42.0 Å². The van der Waals surface area contributed by atoms with Crippen LogP contribution in [0.2, 0.25) is 0 Å². The van der Waals surface area contributed by atoms with E-state index in [2.05, 4.69) is 34.6 Å². The fraction of sp³-hybridized carbons (Fsp3) is 0.438. The Kier molecular flexibility index (Phi) is 5.14. The van der Waals surface area contributed by atoms with E-state index in [1.165, 1.54) is 6.33 Å². The Morgan fingerprint density at radius 1 is 1.27 bits per heavy atom. The molecular formula is C16H23N5O. The van der Waals surface area contributed by atoms with Gasteiger partial charge in [-0.15, -0.1) is 0 Å². The first-order valence-electron chi connectivity index (χ1n) is 7.57. The van der Waals surface area contributed by atoms with Gasteiger partial charge in [0, 0.05) is 12.2 Å². The van der Waals surface area contributed by atoms with Crippen LogP contribution in [-0.4, -0.2) is 20.8 Å². The highest BCUT2D eigenvalue weighted by molar-refractivity contribution is 5.90. The molecule has 0 bridgehead atoms. The van der Waals surface area contributed by atoms with Gasteiger partial charge in [0.2, 0.25) is 0 Å². The van der Waals surface area contributed by atoms with Gasteiger partial charge in [-0.25, -0.2) is 14.5 Å². The minimum absolute atomic E-state index is 0.214. The number of carbonyl (C=O) groups excluding carboxylic acids is 1. The Morgan fingerprint density at radius 3 is 2.68 bits per heavy atom. The van der Waals surface area contributed by atoms with Crippen LogP contribution in [-0.2, 0) is 6.54 Å². The molecule has 0 aliphatic carbocycles. The van der Waals surface area contributed by atoms with E-state index in [0.717, 1.165) is 23.6 Å². The number of aryl methyl sites for hydroxylation is 1. The molecule has 2 N–H and O–H groups in total. The number of amides is 2. The molecule has 1 heterocycles. The summed E-state index contributed by atoms with van der Waals surface area (Å²) in [7, 11) is 0. The molecule has 0 saturated heterocycles. The van der Waals surface area contributed by atoms with Gasteiger partial charge in [-0.05, 0) is 31.4 Å². The average Bonchev–Trinajstić information content (AvgIpc) is 2.96. The fourth-order valence-electron chi connectivity index (χ4n) is 2.39. The van der Waals surface area contributed by atoms with Crippen molar-refractivity contribution in [2.24, 2.45) is 0 Å². The van der Waals surface area contributed by atoms with Crippen molar-refractivity contribution >= 4 is 11.7 Å². The number of hydrogen-bond acceptors (Lipinski definition) is 3. The van der Waals surface area contributed by atoms with Gasteiger partial charge in [0.1, 0.15) is 12.2 Å². The van der Waals surface area contributed by atoms with E-state index in [1.54, 1.807) is 4.68 Å². The molecule has 1 atom stereocenters. The van der Waals surface area contributed by atoms with Crippen LogP contribution in [0, 0.1) is 0 Å². The maximum absolute atomic E-state index is 12.2. The molecule has 22 heavy (non-hydrogen) atoms. The van der Waals surface area contributed by atoms with Gasteiger partial charge in [-0.3, -0.25) is 0 Å². The molecule has 118 valence electrons. The van der Waals surface area contributed by atoms with E-state index >= 15 is 0 Å². The van der Waals surface area contributed by atoms with Crippen LogP contribution in [0.1, 0.15) is 51.0 Å². The largest absolute Gasteiger partial charge is 0.328 e. The predicted octanol–water partition coefficient (Wildman–Crippen LogP) is 3.30. The molecule has 0 radical (unpaired) electrons. The summed E-state index contributed by atoms with van der Waals surface area (Å²) in [5.41, 5.74) is 1.95. The Bertz CT molecular complexity index is 635. The molecule has 2 amide bonds. The summed E-state index contributed by atoms with van der Waals surface area (Å²) in [5.74, 6) is 1.09. The number of anilines is 1. The van der Waals surface area contributed by atoms with Gasteiger partial charge in [0.25, 0.3) is 0 Å². The molecule has 6 heteroatoms. The zero-order valence-electron chi connectivity index (χ0n) is 13.5. The highest BCUT2D eigenvalue weighted by Gasteiger charge is 2.16. The number of para-hydroxylation sites is 1.